The molecular weight excluding hydrogens is 308 g/mol. The Bertz CT molecular complexity index is 527. The zero-order chi connectivity index (χ0) is 17.6. The Labute approximate surface area is 144 Å². The summed E-state index contributed by atoms with van der Waals surface area (Å²) in [4.78, 5) is 14.3. The van der Waals surface area contributed by atoms with Crippen LogP contribution in [0, 0.1) is 5.41 Å². The molecule has 1 saturated heterocycles. The number of hydrogen-bond acceptors (Lipinski definition) is 4. The van der Waals surface area contributed by atoms with E-state index < -0.39 is 0 Å². The normalized spacial score (nSPS) is 18.7. The van der Waals surface area contributed by atoms with Gasteiger partial charge >= 0.3 is 6.03 Å². The van der Waals surface area contributed by atoms with Gasteiger partial charge in [0.2, 0.25) is 0 Å². The van der Waals surface area contributed by atoms with E-state index in [1.54, 1.807) is 4.90 Å². The summed E-state index contributed by atoms with van der Waals surface area (Å²) in [5.74, 6) is 1.70. The fourth-order valence-electron chi connectivity index (χ4n) is 2.79. The lowest BCUT2D eigenvalue weighted by atomic mass is 9.89. The number of aliphatic hydroxyl groups excluding tert-OH is 1. The minimum Gasteiger partial charge on any atom is -0.464 e. The summed E-state index contributed by atoms with van der Waals surface area (Å²) in [5.41, 5.74) is -0.100. The van der Waals surface area contributed by atoms with Crippen molar-refractivity contribution in [3.05, 3.63) is 23.7 Å². The molecule has 1 unspecified atom stereocenters. The third-order valence-corrected chi connectivity index (χ3v) is 4.48. The van der Waals surface area contributed by atoms with Gasteiger partial charge in [-0.05, 0) is 30.4 Å². The topological polar surface area (TPSA) is 74.9 Å². The second-order valence-corrected chi connectivity index (χ2v) is 7.10. The highest BCUT2D eigenvalue weighted by molar-refractivity contribution is 5.74. The first kappa shape index (κ1) is 18.8. The second-order valence-electron chi connectivity index (χ2n) is 7.10. The molecule has 0 bridgehead atoms. The summed E-state index contributed by atoms with van der Waals surface area (Å²) < 4.78 is 11.3. The van der Waals surface area contributed by atoms with Gasteiger partial charge in [-0.25, -0.2) is 4.79 Å². The van der Waals surface area contributed by atoms with Crippen molar-refractivity contribution < 1.29 is 19.1 Å². The van der Waals surface area contributed by atoms with Crippen LogP contribution in [0.5, 0.6) is 0 Å². The maximum absolute atomic E-state index is 12.5. The second kappa shape index (κ2) is 8.53. The summed E-state index contributed by atoms with van der Waals surface area (Å²) in [6.45, 7) is 8.41. The van der Waals surface area contributed by atoms with Crippen molar-refractivity contribution in [1.29, 1.82) is 0 Å². The van der Waals surface area contributed by atoms with Gasteiger partial charge in [-0.3, -0.25) is 0 Å². The van der Waals surface area contributed by atoms with Crippen LogP contribution in [0.2, 0.25) is 0 Å². The number of furan rings is 1. The molecule has 2 amide bonds. The highest BCUT2D eigenvalue weighted by Crippen LogP contribution is 2.26. The number of aliphatic hydroxyl groups is 1. The lowest BCUT2D eigenvalue weighted by Crippen LogP contribution is -2.48. The van der Waals surface area contributed by atoms with Crippen molar-refractivity contribution in [2.75, 3.05) is 32.9 Å². The van der Waals surface area contributed by atoms with Crippen LogP contribution in [-0.4, -0.2) is 48.9 Å². The molecule has 0 aliphatic carbocycles. The van der Waals surface area contributed by atoms with E-state index in [4.69, 9.17) is 9.15 Å². The molecule has 1 atom stereocenters. The van der Waals surface area contributed by atoms with Crippen molar-refractivity contribution in [2.45, 2.75) is 46.1 Å². The van der Waals surface area contributed by atoms with Gasteiger partial charge in [0.05, 0.1) is 13.2 Å². The summed E-state index contributed by atoms with van der Waals surface area (Å²) >= 11 is 0. The molecule has 2 heterocycles. The third kappa shape index (κ3) is 4.98. The molecule has 2 rings (SSSR count). The first-order valence-corrected chi connectivity index (χ1v) is 8.78. The van der Waals surface area contributed by atoms with Gasteiger partial charge in [-0.15, -0.1) is 0 Å². The Morgan fingerprint density at radius 1 is 1.46 bits per heavy atom. The molecule has 0 saturated carbocycles. The van der Waals surface area contributed by atoms with Crippen LogP contribution in [0.3, 0.4) is 0 Å². The highest BCUT2D eigenvalue weighted by Gasteiger charge is 2.30. The van der Waals surface area contributed by atoms with E-state index in [1.807, 2.05) is 32.9 Å². The molecule has 0 spiro atoms. The maximum Gasteiger partial charge on any atom is 0.318 e. The predicted molar refractivity (Wildman–Crippen MR) is 91.9 cm³/mol. The number of nitrogens with zero attached hydrogens (tertiary/aromatic N) is 1. The number of nitrogens with one attached hydrogen (secondary N) is 1. The predicted octanol–water partition coefficient (Wildman–Crippen LogP) is 2.72. The van der Waals surface area contributed by atoms with Gasteiger partial charge in [0.1, 0.15) is 17.6 Å². The van der Waals surface area contributed by atoms with E-state index in [1.165, 1.54) is 0 Å². The Balaban J connectivity index is 1.88. The number of rotatable bonds is 7. The number of aryl methyl sites for hydroxylation is 1. The zero-order valence-electron chi connectivity index (χ0n) is 15.0. The Kier molecular flexibility index (Phi) is 6.69. The van der Waals surface area contributed by atoms with Crippen LogP contribution in [0.4, 0.5) is 4.79 Å². The quantitative estimate of drug-likeness (QED) is 0.750. The molecule has 1 aliphatic rings. The summed E-state index contributed by atoms with van der Waals surface area (Å²) in [5, 5.41) is 12.2. The molecule has 0 radical (unpaired) electrons. The maximum atomic E-state index is 12.5. The Morgan fingerprint density at radius 2 is 2.25 bits per heavy atom. The minimum absolute atomic E-state index is 0.0837. The molecule has 6 nitrogen and oxygen atoms in total. The first-order chi connectivity index (χ1) is 11.5. The number of ether oxygens (including phenoxy) is 1. The van der Waals surface area contributed by atoms with Crippen LogP contribution >= 0.6 is 0 Å². The number of amides is 2. The molecular formula is C18H30N2O4. The van der Waals surface area contributed by atoms with Gasteiger partial charge in [0.15, 0.2) is 0 Å². The minimum atomic E-state index is -0.173. The average Bonchev–Trinajstić information content (AvgIpc) is 3.07. The van der Waals surface area contributed by atoms with E-state index in [2.05, 4.69) is 5.32 Å². The molecule has 6 heteroatoms. The molecule has 1 aliphatic heterocycles. The van der Waals surface area contributed by atoms with Crippen LogP contribution < -0.4 is 5.32 Å². The standard InChI is InChI=1S/C18H30N2O4/c1-4-14-6-7-16(24-14)15-12-23-11-10-20(15)17(22)19-9-5-8-18(2,3)13-21/h6-7,15,21H,4-5,8-13H2,1-3H3,(H,19,22). The van der Waals surface area contributed by atoms with Crippen molar-refractivity contribution in [2.24, 2.45) is 5.41 Å². The van der Waals surface area contributed by atoms with E-state index in [0.717, 1.165) is 30.8 Å². The molecule has 1 aromatic heterocycles. The van der Waals surface area contributed by atoms with Crippen molar-refractivity contribution >= 4 is 6.03 Å². The zero-order valence-corrected chi connectivity index (χ0v) is 15.0. The average molecular weight is 338 g/mol. The van der Waals surface area contributed by atoms with Crippen molar-refractivity contribution in [1.82, 2.24) is 10.2 Å². The largest absolute Gasteiger partial charge is 0.464 e. The lowest BCUT2D eigenvalue weighted by Gasteiger charge is -2.34. The third-order valence-electron chi connectivity index (χ3n) is 4.48. The summed E-state index contributed by atoms with van der Waals surface area (Å²) in [6, 6.07) is 3.63. The highest BCUT2D eigenvalue weighted by atomic mass is 16.5. The first-order valence-electron chi connectivity index (χ1n) is 8.78. The van der Waals surface area contributed by atoms with Crippen molar-refractivity contribution in [3.63, 3.8) is 0 Å². The van der Waals surface area contributed by atoms with Crippen LogP contribution in [0.15, 0.2) is 16.5 Å². The molecule has 136 valence electrons. The van der Waals surface area contributed by atoms with E-state index in [-0.39, 0.29) is 24.1 Å². The Hall–Kier alpha value is -1.53. The smallest absolute Gasteiger partial charge is 0.318 e. The summed E-state index contributed by atoms with van der Waals surface area (Å²) in [6.07, 6.45) is 2.55. The van der Waals surface area contributed by atoms with Gasteiger partial charge in [0, 0.05) is 26.1 Å². The van der Waals surface area contributed by atoms with E-state index in [0.29, 0.717) is 26.3 Å². The van der Waals surface area contributed by atoms with E-state index in [9.17, 15) is 9.90 Å². The van der Waals surface area contributed by atoms with Gasteiger partial charge in [0.25, 0.3) is 0 Å². The van der Waals surface area contributed by atoms with Crippen LogP contribution in [0.25, 0.3) is 0 Å². The van der Waals surface area contributed by atoms with Gasteiger partial charge in [-0.1, -0.05) is 20.8 Å². The SMILES string of the molecule is CCc1ccc(C2COCCN2C(=O)NCCCC(C)(C)CO)o1. The van der Waals surface area contributed by atoms with Crippen molar-refractivity contribution in [3.8, 4) is 0 Å². The van der Waals surface area contributed by atoms with Gasteiger partial charge < -0.3 is 24.5 Å². The molecule has 1 aromatic rings. The van der Waals surface area contributed by atoms with Crippen LogP contribution in [-0.2, 0) is 11.2 Å². The molecule has 24 heavy (non-hydrogen) atoms. The lowest BCUT2D eigenvalue weighted by molar-refractivity contribution is 0.00396. The fraction of sp³-hybridized carbons (Fsp3) is 0.722. The molecule has 0 aromatic carbocycles. The monoisotopic (exact) mass is 338 g/mol. The number of urea groups is 1. The number of hydrogen-bond donors (Lipinski definition) is 2. The fourth-order valence-corrected chi connectivity index (χ4v) is 2.79. The van der Waals surface area contributed by atoms with E-state index >= 15 is 0 Å². The summed E-state index contributed by atoms with van der Waals surface area (Å²) in [7, 11) is 0. The van der Waals surface area contributed by atoms with Crippen LogP contribution in [0.1, 0.15) is 51.2 Å². The number of morpholine rings is 1. The number of carbonyl (C=O) groups is 1. The van der Waals surface area contributed by atoms with Gasteiger partial charge in [-0.2, -0.15) is 0 Å². The Morgan fingerprint density at radius 3 is 2.92 bits per heavy atom. The molecule has 1 fully saturated rings. The number of carbonyl (C=O) groups excluding carboxylic acids is 1. The molecule has 2 N–H and O–H groups in total.